The van der Waals surface area contributed by atoms with Crippen LogP contribution >= 0.6 is 23.1 Å². The Morgan fingerprint density at radius 2 is 1.95 bits per heavy atom. The second kappa shape index (κ2) is 13.2. The Kier molecular flexibility index (Phi) is 9.32. The summed E-state index contributed by atoms with van der Waals surface area (Å²) in [5.41, 5.74) is 6.36. The molecule has 0 amide bonds. The number of methoxy groups -OCH3 is 1. The van der Waals surface area contributed by atoms with Gasteiger partial charge in [0.15, 0.2) is 0 Å². The van der Waals surface area contributed by atoms with Gasteiger partial charge in [-0.15, -0.1) is 0 Å². The highest BCUT2D eigenvalue weighted by atomic mass is 32.2. The van der Waals surface area contributed by atoms with Crippen molar-refractivity contribution in [3.63, 3.8) is 0 Å². The average Bonchev–Trinajstić information content (AvgIpc) is 3.51. The third kappa shape index (κ3) is 6.45. The van der Waals surface area contributed by atoms with Crippen molar-refractivity contribution in [3.05, 3.63) is 81.4 Å². The lowest BCUT2D eigenvalue weighted by atomic mass is 9.87. The van der Waals surface area contributed by atoms with Gasteiger partial charge in [-0.2, -0.15) is 4.57 Å². The molecule has 1 aromatic heterocycles. The van der Waals surface area contributed by atoms with Gasteiger partial charge in [-0.25, -0.2) is 0 Å². The average molecular weight is 632 g/mol. The summed E-state index contributed by atoms with van der Waals surface area (Å²) >= 11 is 3.64. The summed E-state index contributed by atoms with van der Waals surface area (Å²) in [5.74, 6) is 1.54. The number of fused-ring (bicyclic) bond motifs is 2. The summed E-state index contributed by atoms with van der Waals surface area (Å²) in [6, 6.07) is 10.8. The monoisotopic (exact) mass is 631 g/mol. The third-order valence-electron chi connectivity index (χ3n) is 8.89. The summed E-state index contributed by atoms with van der Waals surface area (Å²) < 4.78 is 22.5. The van der Waals surface area contributed by atoms with Gasteiger partial charge in [0, 0.05) is 40.3 Å². The van der Waals surface area contributed by atoms with E-state index in [-0.39, 0.29) is 0 Å². The van der Waals surface area contributed by atoms with Crippen molar-refractivity contribution < 1.29 is 13.5 Å². The molecule has 2 atom stereocenters. The van der Waals surface area contributed by atoms with E-state index in [1.165, 1.54) is 66.8 Å². The van der Waals surface area contributed by atoms with Gasteiger partial charge in [-0.1, -0.05) is 67.5 Å². The summed E-state index contributed by atoms with van der Waals surface area (Å²) in [6.07, 6.45) is 19.6. The van der Waals surface area contributed by atoms with Crippen LogP contribution < -0.4 is 14.2 Å². The standard InChI is InChI=1S/C36H43N2O2S3/c1-6-38-31-19-25(3)32(40-5)23-34(31)42-35(38)14-10-11-26-17-24(2)18-27(20-26)21-36-37(4)30-22-29(15-16-33(30)41-36)43(39)28-12-8-7-9-13-28/h10-11,14-16,19-24,28H,6-9,12-13,17-18H2,1-5H3/q+1. The van der Waals surface area contributed by atoms with Gasteiger partial charge in [0.1, 0.15) is 17.0 Å². The third-order valence-corrected chi connectivity index (χ3v) is 13.0. The predicted octanol–water partition coefficient (Wildman–Crippen LogP) is 9.35. The zero-order valence-electron chi connectivity index (χ0n) is 26.0. The second-order valence-electron chi connectivity index (χ2n) is 12.1. The Labute approximate surface area is 267 Å². The molecule has 0 radical (unpaired) electrons. The highest BCUT2D eigenvalue weighted by molar-refractivity contribution is 8.03. The van der Waals surface area contributed by atoms with E-state index in [2.05, 4.69) is 98.0 Å². The zero-order valence-corrected chi connectivity index (χ0v) is 28.5. The lowest BCUT2D eigenvalue weighted by molar-refractivity contribution is -0.665. The highest BCUT2D eigenvalue weighted by Gasteiger charge is 2.27. The lowest BCUT2D eigenvalue weighted by Crippen LogP contribution is -2.33. The van der Waals surface area contributed by atoms with Crippen LogP contribution in [0.1, 0.15) is 69.4 Å². The van der Waals surface area contributed by atoms with Crippen molar-refractivity contribution in [1.82, 2.24) is 0 Å². The summed E-state index contributed by atoms with van der Waals surface area (Å²) in [4.78, 5) is 4.52. The summed E-state index contributed by atoms with van der Waals surface area (Å²) in [7, 11) is 2.97. The second-order valence-corrected chi connectivity index (χ2v) is 16.0. The molecule has 0 N–H and O–H groups in total. The van der Waals surface area contributed by atoms with Gasteiger partial charge >= 0.3 is 0 Å². The summed E-state index contributed by atoms with van der Waals surface area (Å²) in [5, 5.41) is 2.81. The van der Waals surface area contributed by atoms with E-state index in [1.54, 1.807) is 7.11 Å². The van der Waals surface area contributed by atoms with Crippen LogP contribution in [0.5, 0.6) is 5.75 Å². The van der Waals surface area contributed by atoms with Crippen molar-refractivity contribution in [1.29, 1.82) is 0 Å². The van der Waals surface area contributed by atoms with E-state index < -0.39 is 10.8 Å². The molecule has 7 heteroatoms. The molecule has 2 heterocycles. The molecular formula is C36H43N2O2S3+. The quantitative estimate of drug-likeness (QED) is 0.243. The van der Waals surface area contributed by atoms with Gasteiger partial charge in [0.25, 0.3) is 5.01 Å². The van der Waals surface area contributed by atoms with Crippen molar-refractivity contribution in [3.8, 4) is 5.75 Å². The fourth-order valence-electron chi connectivity index (χ4n) is 6.63. The molecule has 1 fully saturated rings. The molecule has 2 aliphatic carbocycles. The maximum atomic E-state index is 13.3. The van der Waals surface area contributed by atoms with Crippen LogP contribution in [0.4, 0.5) is 5.69 Å². The normalized spacial score (nSPS) is 22.1. The first-order valence-corrected chi connectivity index (χ1v) is 18.5. The van der Waals surface area contributed by atoms with Crippen molar-refractivity contribution in [2.24, 2.45) is 5.92 Å². The molecule has 0 bridgehead atoms. The first kappa shape index (κ1) is 30.4. The number of aromatic nitrogens is 1. The van der Waals surface area contributed by atoms with Crippen LogP contribution in [-0.4, -0.2) is 23.6 Å². The molecule has 3 aliphatic rings. The number of hydrogen-bond acceptors (Lipinski definition) is 5. The maximum Gasteiger partial charge on any atom is 0.262 e. The first-order chi connectivity index (χ1) is 20.8. The maximum absolute atomic E-state index is 13.3. The topological polar surface area (TPSA) is 33.4 Å². The Balaban J connectivity index is 1.21. The van der Waals surface area contributed by atoms with Gasteiger partial charge in [0.2, 0.25) is 5.52 Å². The number of benzene rings is 2. The number of thiazole rings is 1. The van der Waals surface area contributed by atoms with Crippen LogP contribution in [0, 0.1) is 12.8 Å². The fraction of sp³-hybridized carbons (Fsp3) is 0.417. The number of aryl methyl sites for hydroxylation is 2. The fourth-order valence-corrected chi connectivity index (χ4v) is 10.5. The van der Waals surface area contributed by atoms with Crippen molar-refractivity contribution in [2.75, 3.05) is 19.1 Å². The number of anilines is 1. The Morgan fingerprint density at radius 1 is 1.14 bits per heavy atom. The Morgan fingerprint density at radius 3 is 2.72 bits per heavy atom. The number of thioether (sulfide) groups is 1. The van der Waals surface area contributed by atoms with Gasteiger partial charge in [0.05, 0.1) is 28.6 Å². The minimum atomic E-state index is -0.918. The van der Waals surface area contributed by atoms with Gasteiger partial charge in [-0.3, -0.25) is 4.21 Å². The van der Waals surface area contributed by atoms with E-state index in [1.807, 2.05) is 23.1 Å². The molecule has 4 nitrogen and oxygen atoms in total. The molecule has 0 saturated heterocycles. The van der Waals surface area contributed by atoms with Gasteiger partial charge in [-0.05, 0) is 86.4 Å². The van der Waals surface area contributed by atoms with Gasteiger partial charge < -0.3 is 9.64 Å². The highest BCUT2D eigenvalue weighted by Crippen LogP contribution is 2.47. The van der Waals surface area contributed by atoms with E-state index in [0.29, 0.717) is 11.2 Å². The smallest absolute Gasteiger partial charge is 0.262 e. The van der Waals surface area contributed by atoms with Crippen LogP contribution in [0.2, 0.25) is 0 Å². The minimum Gasteiger partial charge on any atom is -0.496 e. The Hall–Kier alpha value is -2.61. The molecule has 2 unspecified atom stereocenters. The molecule has 1 aliphatic heterocycles. The van der Waals surface area contributed by atoms with E-state index in [0.717, 1.165) is 42.9 Å². The number of nitrogens with zero attached hydrogens (tertiary/aromatic N) is 2. The van der Waals surface area contributed by atoms with E-state index in [4.69, 9.17) is 4.74 Å². The number of rotatable bonds is 7. The van der Waals surface area contributed by atoms with Crippen LogP contribution in [0.15, 0.2) is 80.6 Å². The number of allylic oxidation sites excluding steroid dienone is 6. The molecule has 2 aromatic carbocycles. The SMILES string of the molecule is CC[n+]1c(/C=C/C=C2C=C(/C=C3\Sc4ccc(S(=O)C5CCCCC5)cc4N3C)CC(C)C/2)sc2cc(OC)c(C)cc21. The zero-order chi connectivity index (χ0) is 30.1. The van der Waals surface area contributed by atoms with Crippen molar-refractivity contribution in [2.45, 2.75) is 87.3 Å². The molecular weight excluding hydrogens is 589 g/mol. The number of ether oxygens (including phenoxy) is 1. The van der Waals surface area contributed by atoms with Crippen molar-refractivity contribution >= 4 is 55.9 Å². The lowest BCUT2D eigenvalue weighted by Gasteiger charge is -2.22. The Bertz CT molecular complexity index is 1670. The van der Waals surface area contributed by atoms with Crippen LogP contribution in [-0.2, 0) is 17.3 Å². The molecule has 6 rings (SSSR count). The largest absolute Gasteiger partial charge is 0.496 e. The summed E-state index contributed by atoms with van der Waals surface area (Å²) in [6.45, 7) is 7.60. The molecule has 226 valence electrons. The van der Waals surface area contributed by atoms with Crippen LogP contribution in [0.25, 0.3) is 16.3 Å². The van der Waals surface area contributed by atoms with Crippen LogP contribution in [0.3, 0.4) is 0 Å². The first-order valence-electron chi connectivity index (χ1n) is 15.6. The minimum absolute atomic E-state index is 0.313. The van der Waals surface area contributed by atoms with E-state index in [9.17, 15) is 4.21 Å². The molecule has 3 aromatic rings. The predicted molar refractivity (Wildman–Crippen MR) is 185 cm³/mol. The number of hydrogen-bond donors (Lipinski definition) is 0. The van der Waals surface area contributed by atoms with E-state index >= 15 is 0 Å². The molecule has 1 saturated carbocycles. The molecule has 43 heavy (non-hydrogen) atoms. The molecule has 0 spiro atoms.